The molecule has 1 unspecified atom stereocenters. The Morgan fingerprint density at radius 2 is 1.93 bits per heavy atom. The predicted octanol–water partition coefficient (Wildman–Crippen LogP) is 1.51. The van der Waals surface area contributed by atoms with Crippen LogP contribution in [-0.4, -0.2) is 50.1 Å². The monoisotopic (exact) mass is 405 g/mol. The quantitative estimate of drug-likeness (QED) is 0.601. The van der Waals surface area contributed by atoms with E-state index in [4.69, 9.17) is 0 Å². The van der Waals surface area contributed by atoms with Gasteiger partial charge in [-0.1, -0.05) is 30.3 Å². The van der Waals surface area contributed by atoms with E-state index in [1.165, 1.54) is 23.9 Å². The second kappa shape index (κ2) is 8.17. The van der Waals surface area contributed by atoms with Crippen molar-refractivity contribution in [1.82, 2.24) is 15.2 Å². The maximum Gasteiger partial charge on any atom is 0.263 e. The highest BCUT2D eigenvalue weighted by molar-refractivity contribution is 8.24. The van der Waals surface area contributed by atoms with Crippen LogP contribution in [0.25, 0.3) is 0 Å². The van der Waals surface area contributed by atoms with Crippen LogP contribution in [0.2, 0.25) is 0 Å². The van der Waals surface area contributed by atoms with Gasteiger partial charge < -0.3 is 15.2 Å². The molecular weight excluding hydrogens is 382 g/mol. The normalized spacial score (nSPS) is 19.0. The summed E-state index contributed by atoms with van der Waals surface area (Å²) in [5, 5.41) is 5.18. The smallest absolute Gasteiger partial charge is 0.263 e. The number of benzene rings is 1. The van der Waals surface area contributed by atoms with Crippen molar-refractivity contribution in [3.8, 4) is 0 Å². The van der Waals surface area contributed by atoms with Gasteiger partial charge in [0.2, 0.25) is 0 Å². The average Bonchev–Trinajstić information content (AvgIpc) is 3.01. The molecule has 28 heavy (non-hydrogen) atoms. The zero-order valence-electron chi connectivity index (χ0n) is 15.4. The van der Waals surface area contributed by atoms with Crippen molar-refractivity contribution in [3.63, 3.8) is 0 Å². The lowest BCUT2D eigenvalue weighted by Gasteiger charge is -2.26. The highest BCUT2D eigenvalue weighted by Gasteiger charge is 2.30. The lowest BCUT2D eigenvalue weighted by Crippen LogP contribution is -2.37. The van der Waals surface area contributed by atoms with Gasteiger partial charge in [-0.3, -0.25) is 23.5 Å². The van der Waals surface area contributed by atoms with Crippen molar-refractivity contribution in [2.45, 2.75) is 19.0 Å². The summed E-state index contributed by atoms with van der Waals surface area (Å²) in [4.78, 5) is 37.5. The van der Waals surface area contributed by atoms with Crippen LogP contribution in [0.3, 0.4) is 0 Å². The molecule has 2 heterocycles. The van der Waals surface area contributed by atoms with Gasteiger partial charge in [0.15, 0.2) is 0 Å². The molecule has 0 spiro atoms. The summed E-state index contributed by atoms with van der Waals surface area (Å²) in [7, 11) is -1.22. The summed E-state index contributed by atoms with van der Waals surface area (Å²) in [6.07, 6.45) is 1.89. The second-order valence-electron chi connectivity index (χ2n) is 6.77. The summed E-state index contributed by atoms with van der Waals surface area (Å²) >= 11 is 0. The van der Waals surface area contributed by atoms with Gasteiger partial charge >= 0.3 is 0 Å². The molecule has 1 aromatic heterocycles. The van der Waals surface area contributed by atoms with Crippen LogP contribution < -0.4 is 16.2 Å². The molecule has 3 rings (SSSR count). The van der Waals surface area contributed by atoms with E-state index in [0.717, 1.165) is 5.56 Å². The van der Waals surface area contributed by atoms with Gasteiger partial charge in [0.1, 0.15) is 5.56 Å². The van der Waals surface area contributed by atoms with Crippen LogP contribution in [0.4, 0.5) is 0 Å². The summed E-state index contributed by atoms with van der Waals surface area (Å²) in [6, 6.07) is 10.2. The molecule has 2 aromatic rings. The first kappa shape index (κ1) is 20.1. The van der Waals surface area contributed by atoms with E-state index in [1.54, 1.807) is 0 Å². The second-order valence-corrected chi connectivity index (χ2v) is 9.12. The minimum absolute atomic E-state index is 0.116. The first-order valence-corrected chi connectivity index (χ1v) is 10.7. The molecule has 0 bridgehead atoms. The van der Waals surface area contributed by atoms with Crippen LogP contribution in [0, 0.1) is 0 Å². The molecule has 150 valence electrons. The van der Waals surface area contributed by atoms with Crippen molar-refractivity contribution >= 4 is 22.4 Å². The van der Waals surface area contributed by atoms with Gasteiger partial charge in [-0.15, -0.1) is 0 Å². The summed E-state index contributed by atoms with van der Waals surface area (Å²) in [6.45, 7) is 0.217. The zero-order valence-corrected chi connectivity index (χ0v) is 16.2. The number of hydrogen-bond acceptors (Lipinski definition) is 5. The first-order chi connectivity index (χ1) is 13.3. The first-order valence-electron chi connectivity index (χ1n) is 8.84. The fourth-order valence-corrected chi connectivity index (χ4v) is 4.88. The van der Waals surface area contributed by atoms with Gasteiger partial charge in [-0.05, 0) is 18.1 Å². The van der Waals surface area contributed by atoms with Gasteiger partial charge in [0.05, 0.1) is 17.9 Å². The van der Waals surface area contributed by atoms with E-state index >= 15 is 0 Å². The largest absolute Gasteiger partial charge is 0.355 e. The summed E-state index contributed by atoms with van der Waals surface area (Å²) in [5.74, 6) is -0.662. The molecule has 1 fully saturated rings. The standard InChI is InChI=1S/C19H23N3O5S/c1-20-18(24)16-9-14(17(23)21-15-7-8-28(26,27)12-15)11-22(19(16)25)10-13-5-3-2-4-6-13/h2-6,9,11,15,26-27H,7-8,10,12H2,1H3,(H,20,24)(H,21,23). The Morgan fingerprint density at radius 1 is 1.21 bits per heavy atom. The molecule has 2 amide bonds. The number of carbonyl (C=O) groups excluding carboxylic acids is 2. The van der Waals surface area contributed by atoms with E-state index in [0.29, 0.717) is 6.42 Å². The predicted molar refractivity (Wildman–Crippen MR) is 108 cm³/mol. The number of aromatic nitrogens is 1. The Kier molecular flexibility index (Phi) is 5.87. The molecule has 8 nitrogen and oxygen atoms in total. The van der Waals surface area contributed by atoms with E-state index in [1.807, 2.05) is 30.3 Å². The lowest BCUT2D eigenvalue weighted by molar-refractivity contribution is 0.0940. The average molecular weight is 405 g/mol. The van der Waals surface area contributed by atoms with Crippen molar-refractivity contribution in [2.24, 2.45) is 0 Å². The van der Waals surface area contributed by atoms with Crippen LogP contribution in [0.15, 0.2) is 47.4 Å². The molecule has 0 radical (unpaired) electrons. The molecule has 1 aliphatic rings. The molecule has 1 aliphatic heterocycles. The number of amides is 2. The third-order valence-electron chi connectivity index (χ3n) is 4.61. The zero-order chi connectivity index (χ0) is 20.3. The molecule has 0 aliphatic carbocycles. The van der Waals surface area contributed by atoms with Gasteiger partial charge in [0, 0.05) is 25.0 Å². The van der Waals surface area contributed by atoms with E-state index in [2.05, 4.69) is 10.6 Å². The Bertz CT molecular complexity index is 942. The molecule has 9 heteroatoms. The van der Waals surface area contributed by atoms with E-state index in [-0.39, 0.29) is 35.2 Å². The minimum Gasteiger partial charge on any atom is -0.355 e. The van der Waals surface area contributed by atoms with Gasteiger partial charge in [0.25, 0.3) is 17.4 Å². The highest BCUT2D eigenvalue weighted by atomic mass is 32.3. The molecule has 1 aromatic carbocycles. The molecule has 4 N–H and O–H groups in total. The fourth-order valence-electron chi connectivity index (χ4n) is 3.16. The van der Waals surface area contributed by atoms with E-state index in [9.17, 15) is 23.5 Å². The lowest BCUT2D eigenvalue weighted by atomic mass is 10.1. The third-order valence-corrected chi connectivity index (χ3v) is 6.44. The maximum atomic E-state index is 12.7. The van der Waals surface area contributed by atoms with E-state index < -0.39 is 28.0 Å². The van der Waals surface area contributed by atoms with Crippen LogP contribution in [0.1, 0.15) is 32.7 Å². The Morgan fingerprint density at radius 3 is 2.54 bits per heavy atom. The summed E-state index contributed by atoms with van der Waals surface area (Å²) in [5.41, 5.74) is 0.406. The maximum absolute atomic E-state index is 12.7. The van der Waals surface area contributed by atoms with Crippen LogP contribution >= 0.6 is 10.6 Å². The van der Waals surface area contributed by atoms with Crippen molar-refractivity contribution in [1.29, 1.82) is 0 Å². The minimum atomic E-state index is -2.64. The number of nitrogens with zero attached hydrogens (tertiary/aromatic N) is 1. The number of rotatable bonds is 5. The van der Waals surface area contributed by atoms with Gasteiger partial charge in [-0.25, -0.2) is 0 Å². The van der Waals surface area contributed by atoms with Crippen molar-refractivity contribution in [3.05, 3.63) is 69.6 Å². The van der Waals surface area contributed by atoms with Gasteiger partial charge in [-0.2, -0.15) is 10.6 Å². The third kappa shape index (κ3) is 4.61. The number of carbonyl (C=O) groups is 2. The SMILES string of the molecule is CNC(=O)c1cc(C(=O)NC2CCS(O)(O)C2)cn(Cc2ccccc2)c1=O. The molecule has 1 saturated heterocycles. The molecule has 1 atom stereocenters. The fraction of sp³-hybridized carbons (Fsp3) is 0.316. The van der Waals surface area contributed by atoms with Crippen molar-refractivity contribution in [2.75, 3.05) is 18.6 Å². The number of hydrogen-bond donors (Lipinski definition) is 4. The Hall–Kier alpha value is -2.62. The summed E-state index contributed by atoms with van der Waals surface area (Å²) < 4.78 is 20.8. The highest BCUT2D eigenvalue weighted by Crippen LogP contribution is 2.45. The molecular formula is C19H23N3O5S. The Labute approximate surface area is 163 Å². The van der Waals surface area contributed by atoms with Crippen molar-refractivity contribution < 1.29 is 18.7 Å². The topological polar surface area (TPSA) is 121 Å². The number of pyridine rings is 1. The van der Waals surface area contributed by atoms with Crippen LogP contribution in [-0.2, 0) is 6.54 Å². The Balaban J connectivity index is 1.91. The molecule has 0 saturated carbocycles. The van der Waals surface area contributed by atoms with Crippen LogP contribution in [0.5, 0.6) is 0 Å². The number of nitrogens with one attached hydrogen (secondary N) is 2.